The third kappa shape index (κ3) is 3.65. The van der Waals surface area contributed by atoms with Crippen LogP contribution in [-0.4, -0.2) is 51.0 Å². The minimum absolute atomic E-state index is 0.0861. The summed E-state index contributed by atoms with van der Waals surface area (Å²) in [4.78, 5) is 35.7. The number of nitrogens with zero attached hydrogens (tertiary/aromatic N) is 5. The Kier molecular flexibility index (Phi) is 4.89. The van der Waals surface area contributed by atoms with Crippen molar-refractivity contribution in [3.05, 3.63) is 36.0 Å². The Bertz CT molecular complexity index is 1150. The molecule has 160 valence electrons. The molecule has 0 spiro atoms. The van der Waals surface area contributed by atoms with Crippen LogP contribution in [0.3, 0.4) is 0 Å². The van der Waals surface area contributed by atoms with E-state index < -0.39 is 0 Å². The molecule has 0 unspecified atom stereocenters. The lowest BCUT2D eigenvalue weighted by Gasteiger charge is -2.26. The Hall–Kier alpha value is -3.69. The average Bonchev–Trinajstić information content (AvgIpc) is 3.36. The molecule has 10 heteroatoms. The molecule has 1 saturated heterocycles. The lowest BCUT2D eigenvalue weighted by atomic mass is 9.93. The van der Waals surface area contributed by atoms with Gasteiger partial charge in [-0.3, -0.25) is 14.5 Å². The van der Waals surface area contributed by atoms with Gasteiger partial charge in [0.05, 0.1) is 6.20 Å². The summed E-state index contributed by atoms with van der Waals surface area (Å²) >= 11 is 0. The number of carbonyl (C=O) groups is 2. The van der Waals surface area contributed by atoms with Gasteiger partial charge in [0.1, 0.15) is 28.8 Å². The summed E-state index contributed by atoms with van der Waals surface area (Å²) in [5.41, 5.74) is 0.883. The van der Waals surface area contributed by atoms with E-state index in [1.165, 1.54) is 0 Å². The average molecular weight is 420 g/mol. The van der Waals surface area contributed by atoms with Crippen LogP contribution in [0.25, 0.3) is 5.65 Å². The molecule has 5 rings (SSSR count). The van der Waals surface area contributed by atoms with Gasteiger partial charge in [0.15, 0.2) is 5.65 Å². The summed E-state index contributed by atoms with van der Waals surface area (Å²) in [6.07, 6.45) is 6.09. The van der Waals surface area contributed by atoms with Crippen LogP contribution in [0, 0.1) is 0 Å². The number of hydrogen-bond acceptors (Lipinski definition) is 7. The van der Waals surface area contributed by atoms with Crippen LogP contribution < -0.4 is 20.9 Å². The molecular weight excluding hydrogens is 396 g/mol. The maximum atomic E-state index is 12.7. The highest BCUT2D eigenvalue weighted by atomic mass is 16.2. The van der Waals surface area contributed by atoms with Crippen molar-refractivity contribution in [2.45, 2.75) is 38.1 Å². The third-order valence-electron chi connectivity index (χ3n) is 5.75. The minimum Gasteiger partial charge on any atom is -0.373 e. The first-order valence-corrected chi connectivity index (χ1v) is 10.5. The summed E-state index contributed by atoms with van der Waals surface area (Å²) in [7, 11) is 1.78. The SMILES string of the molecule is CNc1cc(Nc2cccc(N3CCCC3=O)n2)nc2c(C(=O)NC3CCC3)cnn12. The molecule has 10 nitrogen and oxygen atoms in total. The van der Waals surface area contributed by atoms with Crippen LogP contribution in [0.2, 0.25) is 0 Å². The number of amides is 2. The number of anilines is 4. The predicted molar refractivity (Wildman–Crippen MR) is 117 cm³/mol. The number of rotatable bonds is 6. The molecule has 0 radical (unpaired) electrons. The van der Waals surface area contributed by atoms with Crippen molar-refractivity contribution in [1.29, 1.82) is 0 Å². The first-order valence-electron chi connectivity index (χ1n) is 10.5. The van der Waals surface area contributed by atoms with Crippen molar-refractivity contribution >= 4 is 40.7 Å². The molecular formula is C21H24N8O2. The maximum absolute atomic E-state index is 12.7. The largest absolute Gasteiger partial charge is 0.373 e. The van der Waals surface area contributed by atoms with Crippen LogP contribution in [0.1, 0.15) is 42.5 Å². The van der Waals surface area contributed by atoms with Gasteiger partial charge in [-0.2, -0.15) is 9.61 Å². The Morgan fingerprint density at radius 3 is 2.74 bits per heavy atom. The molecule has 3 aromatic heterocycles. The van der Waals surface area contributed by atoms with E-state index >= 15 is 0 Å². The predicted octanol–water partition coefficient (Wildman–Crippen LogP) is 2.32. The number of hydrogen-bond donors (Lipinski definition) is 3. The van der Waals surface area contributed by atoms with E-state index in [1.807, 2.05) is 18.2 Å². The molecule has 1 saturated carbocycles. The van der Waals surface area contributed by atoms with Crippen LogP contribution in [0.15, 0.2) is 30.5 Å². The van der Waals surface area contributed by atoms with Gasteiger partial charge in [-0.25, -0.2) is 9.97 Å². The first-order chi connectivity index (χ1) is 15.1. The lowest BCUT2D eigenvalue weighted by molar-refractivity contribution is -0.117. The molecule has 31 heavy (non-hydrogen) atoms. The van der Waals surface area contributed by atoms with E-state index in [4.69, 9.17) is 0 Å². The van der Waals surface area contributed by atoms with Crippen LogP contribution >= 0.6 is 0 Å². The van der Waals surface area contributed by atoms with Gasteiger partial charge in [-0.1, -0.05) is 6.07 Å². The van der Waals surface area contributed by atoms with Gasteiger partial charge >= 0.3 is 0 Å². The Labute approximate surface area is 179 Å². The second kappa shape index (κ2) is 7.86. The van der Waals surface area contributed by atoms with Crippen molar-refractivity contribution in [3.8, 4) is 0 Å². The van der Waals surface area contributed by atoms with E-state index in [1.54, 1.807) is 28.7 Å². The molecule has 3 aromatic rings. The number of carbonyl (C=O) groups excluding carboxylic acids is 2. The van der Waals surface area contributed by atoms with Gasteiger partial charge in [-0.15, -0.1) is 0 Å². The Morgan fingerprint density at radius 2 is 2.03 bits per heavy atom. The van der Waals surface area contributed by atoms with Crippen LogP contribution in [-0.2, 0) is 4.79 Å². The zero-order chi connectivity index (χ0) is 21.4. The molecule has 4 heterocycles. The fourth-order valence-corrected chi connectivity index (χ4v) is 3.85. The number of nitrogens with one attached hydrogen (secondary N) is 3. The highest BCUT2D eigenvalue weighted by Crippen LogP contribution is 2.25. The highest BCUT2D eigenvalue weighted by Gasteiger charge is 2.24. The molecule has 2 fully saturated rings. The highest BCUT2D eigenvalue weighted by molar-refractivity contribution is 6.00. The standard InChI is InChI=1S/C21H24N8O2/c1-22-18-11-16(25-15-7-3-8-17(26-15)28-10-4-9-19(28)30)27-20-14(12-23-29(18)20)21(31)24-13-5-2-6-13/h3,7-8,11-13,22H,2,4-6,9-10H2,1H3,(H,24,31)(H,25,26,27). The molecule has 2 amide bonds. The van der Waals surface area contributed by atoms with Crippen molar-refractivity contribution in [1.82, 2.24) is 24.9 Å². The van der Waals surface area contributed by atoms with Crippen molar-refractivity contribution < 1.29 is 9.59 Å². The first kappa shape index (κ1) is 19.3. The zero-order valence-corrected chi connectivity index (χ0v) is 17.3. The molecule has 0 atom stereocenters. The summed E-state index contributed by atoms with van der Waals surface area (Å²) in [6, 6.07) is 7.51. The fourth-order valence-electron chi connectivity index (χ4n) is 3.85. The monoisotopic (exact) mass is 420 g/mol. The number of pyridine rings is 1. The lowest BCUT2D eigenvalue weighted by Crippen LogP contribution is -2.39. The van der Waals surface area contributed by atoms with Crippen LogP contribution in [0.4, 0.5) is 23.3 Å². The maximum Gasteiger partial charge on any atom is 0.256 e. The Balaban J connectivity index is 1.45. The van der Waals surface area contributed by atoms with E-state index in [-0.39, 0.29) is 17.9 Å². The van der Waals surface area contributed by atoms with Gasteiger partial charge in [0, 0.05) is 32.1 Å². The number of aromatic nitrogens is 4. The quantitative estimate of drug-likeness (QED) is 0.560. The van der Waals surface area contributed by atoms with Crippen molar-refractivity contribution in [2.75, 3.05) is 29.1 Å². The molecule has 1 aliphatic carbocycles. The molecule has 2 aliphatic rings. The summed E-state index contributed by atoms with van der Waals surface area (Å²) in [5, 5.41) is 13.6. The number of fused-ring (bicyclic) bond motifs is 1. The smallest absolute Gasteiger partial charge is 0.256 e. The van der Waals surface area contributed by atoms with Crippen molar-refractivity contribution in [2.24, 2.45) is 0 Å². The van der Waals surface area contributed by atoms with Gasteiger partial charge in [0.25, 0.3) is 5.91 Å². The van der Waals surface area contributed by atoms with Gasteiger partial charge < -0.3 is 16.0 Å². The topological polar surface area (TPSA) is 117 Å². The molecule has 0 bridgehead atoms. The van der Waals surface area contributed by atoms with Crippen LogP contribution in [0.5, 0.6) is 0 Å². The summed E-state index contributed by atoms with van der Waals surface area (Å²) in [6.45, 7) is 0.679. The zero-order valence-electron chi connectivity index (χ0n) is 17.3. The summed E-state index contributed by atoms with van der Waals surface area (Å²) in [5.74, 6) is 2.30. The second-order valence-electron chi connectivity index (χ2n) is 7.83. The molecule has 0 aromatic carbocycles. The molecule has 3 N–H and O–H groups in total. The fraction of sp³-hybridized carbons (Fsp3) is 0.381. The van der Waals surface area contributed by atoms with E-state index in [0.717, 1.165) is 25.7 Å². The normalized spacial score (nSPS) is 16.4. The second-order valence-corrected chi connectivity index (χ2v) is 7.83. The van der Waals surface area contributed by atoms with Gasteiger partial charge in [0.2, 0.25) is 5.91 Å². The minimum atomic E-state index is -0.168. The van der Waals surface area contributed by atoms with E-state index in [9.17, 15) is 9.59 Å². The summed E-state index contributed by atoms with van der Waals surface area (Å²) < 4.78 is 1.60. The molecule has 1 aliphatic heterocycles. The van der Waals surface area contributed by atoms with Gasteiger partial charge in [-0.05, 0) is 37.8 Å². The third-order valence-corrected chi connectivity index (χ3v) is 5.75. The van der Waals surface area contributed by atoms with Crippen molar-refractivity contribution in [3.63, 3.8) is 0 Å². The Morgan fingerprint density at radius 1 is 1.16 bits per heavy atom. The van der Waals surface area contributed by atoms with E-state index in [2.05, 4.69) is 31.0 Å². The van der Waals surface area contributed by atoms with E-state index in [0.29, 0.717) is 47.4 Å².